The molecule has 1 fully saturated rings. The van der Waals surface area contributed by atoms with Gasteiger partial charge in [-0.3, -0.25) is 9.69 Å². The van der Waals surface area contributed by atoms with Crippen molar-refractivity contribution in [1.29, 1.82) is 0 Å². The van der Waals surface area contributed by atoms with E-state index in [0.29, 0.717) is 13.2 Å². The van der Waals surface area contributed by atoms with Crippen LogP contribution in [0, 0.1) is 0 Å². The number of hydrogen-bond donors (Lipinski definition) is 1. The SMILES string of the molecule is O=C(O)CN1CCOCC1.[H-].[K+]. The van der Waals surface area contributed by atoms with Crippen LogP contribution in [0.3, 0.4) is 0 Å². The zero-order valence-electron chi connectivity index (χ0n) is 7.75. The molecule has 0 atom stereocenters. The van der Waals surface area contributed by atoms with Crippen LogP contribution >= 0.6 is 0 Å². The van der Waals surface area contributed by atoms with Gasteiger partial charge in [-0.15, -0.1) is 0 Å². The van der Waals surface area contributed by atoms with E-state index in [0.717, 1.165) is 13.1 Å². The first-order chi connectivity index (χ1) is 4.79. The Morgan fingerprint density at radius 1 is 1.55 bits per heavy atom. The molecule has 0 aromatic carbocycles. The quantitative estimate of drug-likeness (QED) is 0.454. The molecular weight excluding hydrogens is 173 g/mol. The second-order valence-electron chi connectivity index (χ2n) is 2.28. The van der Waals surface area contributed by atoms with Crippen molar-refractivity contribution in [3.05, 3.63) is 0 Å². The number of rotatable bonds is 2. The maximum Gasteiger partial charge on any atom is 1.00 e. The van der Waals surface area contributed by atoms with Gasteiger partial charge in [-0.25, -0.2) is 0 Å². The molecule has 60 valence electrons. The van der Waals surface area contributed by atoms with Crippen molar-refractivity contribution in [1.82, 2.24) is 4.90 Å². The molecule has 4 nitrogen and oxygen atoms in total. The van der Waals surface area contributed by atoms with Gasteiger partial charge in [0.1, 0.15) is 0 Å². The maximum atomic E-state index is 10.2. The molecule has 5 heteroatoms. The Balaban J connectivity index is 0. The maximum absolute atomic E-state index is 10.2. The molecule has 0 saturated carbocycles. The zero-order chi connectivity index (χ0) is 7.40. The van der Waals surface area contributed by atoms with Crippen molar-refractivity contribution in [3.8, 4) is 0 Å². The second kappa shape index (κ2) is 6.53. The van der Waals surface area contributed by atoms with E-state index in [1.165, 1.54) is 0 Å². The summed E-state index contributed by atoms with van der Waals surface area (Å²) in [5, 5.41) is 8.38. The summed E-state index contributed by atoms with van der Waals surface area (Å²) in [5.74, 6) is -0.762. The third kappa shape index (κ3) is 5.29. The Morgan fingerprint density at radius 2 is 2.09 bits per heavy atom. The molecule has 11 heavy (non-hydrogen) atoms. The summed E-state index contributed by atoms with van der Waals surface area (Å²) in [5.41, 5.74) is 0. The Morgan fingerprint density at radius 3 is 2.55 bits per heavy atom. The number of nitrogens with zero attached hydrogens (tertiary/aromatic N) is 1. The van der Waals surface area contributed by atoms with Crippen molar-refractivity contribution in [2.75, 3.05) is 32.8 Å². The van der Waals surface area contributed by atoms with Gasteiger partial charge in [0.25, 0.3) is 0 Å². The van der Waals surface area contributed by atoms with Crippen LogP contribution in [0.1, 0.15) is 1.43 Å². The molecule has 0 unspecified atom stereocenters. The third-order valence-corrected chi connectivity index (χ3v) is 1.46. The molecule has 0 aliphatic carbocycles. The fourth-order valence-corrected chi connectivity index (χ4v) is 0.951. The first-order valence-electron chi connectivity index (χ1n) is 3.31. The van der Waals surface area contributed by atoms with Crippen LogP contribution in [0.25, 0.3) is 0 Å². The first-order valence-corrected chi connectivity index (χ1v) is 3.31. The largest absolute Gasteiger partial charge is 1.00 e. The minimum Gasteiger partial charge on any atom is -1.00 e. The molecule has 0 spiro atoms. The molecule has 0 radical (unpaired) electrons. The average molecular weight is 185 g/mol. The smallest absolute Gasteiger partial charge is 1.00 e. The third-order valence-electron chi connectivity index (χ3n) is 1.46. The molecule has 0 aromatic rings. The summed E-state index contributed by atoms with van der Waals surface area (Å²) < 4.78 is 5.05. The van der Waals surface area contributed by atoms with Gasteiger partial charge in [0.15, 0.2) is 0 Å². The van der Waals surface area contributed by atoms with Gasteiger partial charge < -0.3 is 11.3 Å². The molecule has 1 N–H and O–H groups in total. The number of carbonyl (C=O) groups is 1. The van der Waals surface area contributed by atoms with Gasteiger partial charge in [-0.1, -0.05) is 0 Å². The van der Waals surface area contributed by atoms with E-state index in [-0.39, 0.29) is 59.4 Å². The van der Waals surface area contributed by atoms with E-state index in [4.69, 9.17) is 9.84 Å². The molecule has 1 aliphatic heterocycles. The molecule has 1 heterocycles. The van der Waals surface area contributed by atoms with Crippen LogP contribution in [0.5, 0.6) is 0 Å². The van der Waals surface area contributed by atoms with Crippen molar-refractivity contribution < 1.29 is 67.4 Å². The van der Waals surface area contributed by atoms with E-state index in [1.807, 2.05) is 4.90 Å². The van der Waals surface area contributed by atoms with Gasteiger partial charge in [-0.2, -0.15) is 0 Å². The Kier molecular flexibility index (Phi) is 7.14. The molecule has 0 aromatic heterocycles. The Hall–Kier alpha value is 1.03. The van der Waals surface area contributed by atoms with E-state index < -0.39 is 5.97 Å². The molecule has 0 amide bonds. The van der Waals surface area contributed by atoms with Crippen LogP contribution < -0.4 is 51.4 Å². The van der Waals surface area contributed by atoms with Gasteiger partial charge >= 0.3 is 57.4 Å². The fraction of sp³-hybridized carbons (Fsp3) is 0.833. The molecule has 1 rings (SSSR count). The number of hydrogen-bond acceptors (Lipinski definition) is 3. The van der Waals surface area contributed by atoms with Crippen molar-refractivity contribution in [2.24, 2.45) is 0 Å². The summed E-state index contributed by atoms with van der Waals surface area (Å²) in [7, 11) is 0. The molecular formula is C6H12KNO3. The standard InChI is InChI=1S/C6H11NO3.K.H/c8-6(9)5-7-1-3-10-4-2-7;;/h1-5H2,(H,8,9);;/q;+1;-1. The van der Waals surface area contributed by atoms with E-state index in [1.54, 1.807) is 0 Å². The number of morpholine rings is 1. The van der Waals surface area contributed by atoms with Crippen molar-refractivity contribution in [2.45, 2.75) is 0 Å². The molecule has 1 aliphatic rings. The zero-order valence-corrected chi connectivity index (χ0v) is 9.87. The van der Waals surface area contributed by atoms with Gasteiger partial charge in [-0.05, 0) is 0 Å². The monoisotopic (exact) mass is 185 g/mol. The second-order valence-corrected chi connectivity index (χ2v) is 2.28. The van der Waals surface area contributed by atoms with E-state index in [2.05, 4.69) is 0 Å². The molecule has 1 saturated heterocycles. The van der Waals surface area contributed by atoms with Crippen LogP contribution in [0.4, 0.5) is 0 Å². The molecule has 0 bridgehead atoms. The normalized spacial score (nSPS) is 18.9. The van der Waals surface area contributed by atoms with Crippen molar-refractivity contribution >= 4 is 5.97 Å². The Labute approximate surface area is 110 Å². The van der Waals surface area contributed by atoms with Crippen LogP contribution in [0.2, 0.25) is 0 Å². The van der Waals surface area contributed by atoms with Gasteiger partial charge in [0, 0.05) is 13.1 Å². The minimum absolute atomic E-state index is 0. The van der Waals surface area contributed by atoms with Gasteiger partial charge in [0.05, 0.1) is 19.8 Å². The predicted molar refractivity (Wildman–Crippen MR) is 36.0 cm³/mol. The first kappa shape index (κ1) is 12.0. The number of carboxylic acid groups (broad SMARTS) is 1. The number of aliphatic carboxylic acids is 1. The summed E-state index contributed by atoms with van der Waals surface area (Å²) in [6.07, 6.45) is 0. The fourth-order valence-electron chi connectivity index (χ4n) is 0.951. The Bertz CT molecular complexity index is 130. The summed E-state index contributed by atoms with van der Waals surface area (Å²) >= 11 is 0. The predicted octanol–water partition coefficient (Wildman–Crippen LogP) is -3.48. The summed E-state index contributed by atoms with van der Waals surface area (Å²) in [6.45, 7) is 2.95. The minimum atomic E-state index is -0.762. The van der Waals surface area contributed by atoms with Crippen LogP contribution in [0.15, 0.2) is 0 Å². The summed E-state index contributed by atoms with van der Waals surface area (Å²) in [4.78, 5) is 12.1. The van der Waals surface area contributed by atoms with E-state index in [9.17, 15) is 4.79 Å². The number of ether oxygens (including phenoxy) is 1. The summed E-state index contributed by atoms with van der Waals surface area (Å²) in [6, 6.07) is 0. The van der Waals surface area contributed by atoms with Crippen LogP contribution in [-0.4, -0.2) is 48.8 Å². The van der Waals surface area contributed by atoms with Crippen molar-refractivity contribution in [3.63, 3.8) is 0 Å². The van der Waals surface area contributed by atoms with Crippen LogP contribution in [-0.2, 0) is 9.53 Å². The topological polar surface area (TPSA) is 49.8 Å². The van der Waals surface area contributed by atoms with E-state index >= 15 is 0 Å². The average Bonchev–Trinajstić information content (AvgIpc) is 1.88. The number of carboxylic acids is 1. The van der Waals surface area contributed by atoms with Gasteiger partial charge in [0.2, 0.25) is 0 Å².